The lowest BCUT2D eigenvalue weighted by Gasteiger charge is -2.16. The zero-order valence-corrected chi connectivity index (χ0v) is 13.1. The molecule has 0 aliphatic carbocycles. The summed E-state index contributed by atoms with van der Waals surface area (Å²) in [7, 11) is 1.73. The normalized spacial score (nSPS) is 12.5. The van der Waals surface area contributed by atoms with E-state index in [0.29, 0.717) is 6.61 Å². The summed E-state index contributed by atoms with van der Waals surface area (Å²) in [6.07, 6.45) is 10.2. The first-order chi connectivity index (χ1) is 9.86. The molecule has 1 atom stereocenters. The molecule has 0 spiro atoms. The van der Waals surface area contributed by atoms with Crippen molar-refractivity contribution in [3.05, 3.63) is 35.9 Å². The largest absolute Gasteiger partial charge is 0.356 e. The summed E-state index contributed by atoms with van der Waals surface area (Å²) >= 11 is 0. The Morgan fingerprint density at radius 3 is 2.20 bits per heavy atom. The first-order valence-electron chi connectivity index (χ1n) is 8.05. The van der Waals surface area contributed by atoms with E-state index in [-0.39, 0.29) is 6.29 Å². The standard InChI is InChI=1S/C18H30O2/c1-3-4-5-6-7-8-12-15-18(19-2)20-16-17-13-10-9-11-14-17/h9-11,13-14,18H,3-8,12,15-16H2,1-2H3. The van der Waals surface area contributed by atoms with Crippen molar-refractivity contribution in [1.29, 1.82) is 0 Å². The summed E-state index contributed by atoms with van der Waals surface area (Å²) in [5, 5.41) is 0. The van der Waals surface area contributed by atoms with E-state index < -0.39 is 0 Å². The van der Waals surface area contributed by atoms with Gasteiger partial charge in [0.05, 0.1) is 6.61 Å². The van der Waals surface area contributed by atoms with Gasteiger partial charge < -0.3 is 9.47 Å². The number of benzene rings is 1. The van der Waals surface area contributed by atoms with Gasteiger partial charge in [-0.05, 0) is 18.4 Å². The molecule has 1 rings (SSSR count). The third-order valence-corrected chi connectivity index (χ3v) is 3.58. The van der Waals surface area contributed by atoms with Crippen molar-refractivity contribution in [2.24, 2.45) is 0 Å². The Hall–Kier alpha value is -0.860. The Labute approximate surface area is 124 Å². The van der Waals surface area contributed by atoms with Crippen LogP contribution < -0.4 is 0 Å². The predicted octanol–water partition coefficient (Wildman–Crippen LogP) is 5.32. The van der Waals surface area contributed by atoms with Crippen LogP contribution in [0, 0.1) is 0 Å². The van der Waals surface area contributed by atoms with Gasteiger partial charge in [-0.1, -0.05) is 75.8 Å². The molecule has 114 valence electrons. The number of hydrogen-bond donors (Lipinski definition) is 0. The topological polar surface area (TPSA) is 18.5 Å². The van der Waals surface area contributed by atoms with Gasteiger partial charge in [0.2, 0.25) is 0 Å². The third kappa shape index (κ3) is 8.34. The van der Waals surface area contributed by atoms with Crippen LogP contribution in [-0.2, 0) is 16.1 Å². The summed E-state index contributed by atoms with van der Waals surface area (Å²) in [4.78, 5) is 0. The first kappa shape index (κ1) is 17.2. The van der Waals surface area contributed by atoms with Crippen LogP contribution in [0.5, 0.6) is 0 Å². The van der Waals surface area contributed by atoms with Gasteiger partial charge in [-0.3, -0.25) is 0 Å². The predicted molar refractivity (Wildman–Crippen MR) is 84.6 cm³/mol. The molecule has 0 bridgehead atoms. The lowest BCUT2D eigenvalue weighted by Crippen LogP contribution is -2.15. The number of hydrogen-bond acceptors (Lipinski definition) is 2. The Kier molecular flexibility index (Phi) is 10.3. The van der Waals surface area contributed by atoms with Crippen molar-refractivity contribution in [3.63, 3.8) is 0 Å². The van der Waals surface area contributed by atoms with E-state index in [1.165, 1.54) is 50.5 Å². The molecule has 20 heavy (non-hydrogen) atoms. The molecule has 0 aliphatic heterocycles. The zero-order valence-electron chi connectivity index (χ0n) is 13.1. The summed E-state index contributed by atoms with van der Waals surface area (Å²) in [5.41, 5.74) is 1.20. The van der Waals surface area contributed by atoms with Crippen LogP contribution in [0.25, 0.3) is 0 Å². The molecule has 2 heteroatoms. The second-order valence-electron chi connectivity index (χ2n) is 5.37. The maximum absolute atomic E-state index is 5.80. The van der Waals surface area contributed by atoms with Gasteiger partial charge in [0.25, 0.3) is 0 Å². The number of methoxy groups -OCH3 is 1. The highest BCUT2D eigenvalue weighted by Crippen LogP contribution is 2.13. The molecule has 0 heterocycles. The van der Waals surface area contributed by atoms with E-state index in [1.54, 1.807) is 7.11 Å². The number of rotatable bonds is 12. The van der Waals surface area contributed by atoms with Crippen LogP contribution in [0.15, 0.2) is 30.3 Å². The van der Waals surface area contributed by atoms with Crippen LogP contribution in [0.4, 0.5) is 0 Å². The van der Waals surface area contributed by atoms with Crippen LogP contribution in [-0.4, -0.2) is 13.4 Å². The van der Waals surface area contributed by atoms with Crippen molar-refractivity contribution in [2.45, 2.75) is 71.2 Å². The molecular formula is C18H30O2. The molecule has 0 aromatic heterocycles. The fourth-order valence-electron chi connectivity index (χ4n) is 2.30. The number of unbranched alkanes of at least 4 members (excludes halogenated alkanes) is 6. The zero-order chi connectivity index (χ0) is 14.5. The molecule has 1 aromatic rings. The average molecular weight is 278 g/mol. The van der Waals surface area contributed by atoms with E-state index in [1.807, 2.05) is 18.2 Å². The number of ether oxygens (including phenoxy) is 2. The summed E-state index contributed by atoms with van der Waals surface area (Å²) in [6, 6.07) is 10.3. The van der Waals surface area contributed by atoms with Gasteiger partial charge in [0.15, 0.2) is 6.29 Å². The average Bonchev–Trinajstić information content (AvgIpc) is 2.50. The molecule has 0 aliphatic rings. The van der Waals surface area contributed by atoms with Crippen LogP contribution in [0.2, 0.25) is 0 Å². The van der Waals surface area contributed by atoms with Gasteiger partial charge in [0, 0.05) is 7.11 Å². The van der Waals surface area contributed by atoms with Crippen molar-refractivity contribution in [3.8, 4) is 0 Å². The molecule has 0 fully saturated rings. The van der Waals surface area contributed by atoms with Gasteiger partial charge in [-0.25, -0.2) is 0 Å². The monoisotopic (exact) mass is 278 g/mol. The van der Waals surface area contributed by atoms with Crippen LogP contribution >= 0.6 is 0 Å². The molecular weight excluding hydrogens is 248 g/mol. The second kappa shape index (κ2) is 11.9. The first-order valence-corrected chi connectivity index (χ1v) is 8.05. The molecule has 0 radical (unpaired) electrons. The van der Waals surface area contributed by atoms with E-state index in [4.69, 9.17) is 9.47 Å². The minimum atomic E-state index is -0.0640. The fourth-order valence-corrected chi connectivity index (χ4v) is 2.30. The van der Waals surface area contributed by atoms with Crippen LogP contribution in [0.1, 0.15) is 63.9 Å². The van der Waals surface area contributed by atoms with Crippen molar-refractivity contribution in [2.75, 3.05) is 7.11 Å². The Bertz CT molecular complexity index is 310. The minimum absolute atomic E-state index is 0.0640. The summed E-state index contributed by atoms with van der Waals surface area (Å²) in [6.45, 7) is 2.89. The van der Waals surface area contributed by atoms with Gasteiger partial charge in [-0.15, -0.1) is 0 Å². The Balaban J connectivity index is 2.04. The maximum Gasteiger partial charge on any atom is 0.157 e. The Morgan fingerprint density at radius 1 is 0.900 bits per heavy atom. The minimum Gasteiger partial charge on any atom is -0.356 e. The quantitative estimate of drug-likeness (QED) is 0.381. The maximum atomic E-state index is 5.80. The smallest absolute Gasteiger partial charge is 0.157 e. The van der Waals surface area contributed by atoms with Gasteiger partial charge in [0.1, 0.15) is 0 Å². The van der Waals surface area contributed by atoms with E-state index >= 15 is 0 Å². The summed E-state index contributed by atoms with van der Waals surface area (Å²) in [5.74, 6) is 0. The van der Waals surface area contributed by atoms with Crippen molar-refractivity contribution >= 4 is 0 Å². The van der Waals surface area contributed by atoms with E-state index in [2.05, 4.69) is 19.1 Å². The highest BCUT2D eigenvalue weighted by atomic mass is 16.7. The van der Waals surface area contributed by atoms with Crippen molar-refractivity contribution in [1.82, 2.24) is 0 Å². The molecule has 0 amide bonds. The molecule has 2 nitrogen and oxygen atoms in total. The lowest BCUT2D eigenvalue weighted by molar-refractivity contribution is -0.135. The van der Waals surface area contributed by atoms with Gasteiger partial charge in [-0.2, -0.15) is 0 Å². The van der Waals surface area contributed by atoms with E-state index in [0.717, 1.165) is 6.42 Å². The lowest BCUT2D eigenvalue weighted by atomic mass is 10.1. The summed E-state index contributed by atoms with van der Waals surface area (Å²) < 4.78 is 11.2. The molecule has 0 saturated heterocycles. The highest BCUT2D eigenvalue weighted by molar-refractivity contribution is 5.13. The third-order valence-electron chi connectivity index (χ3n) is 3.58. The molecule has 1 unspecified atom stereocenters. The molecule has 0 N–H and O–H groups in total. The molecule has 0 saturated carbocycles. The van der Waals surface area contributed by atoms with Crippen LogP contribution in [0.3, 0.4) is 0 Å². The Morgan fingerprint density at radius 2 is 1.55 bits per heavy atom. The van der Waals surface area contributed by atoms with Gasteiger partial charge >= 0.3 is 0 Å². The molecule has 1 aromatic carbocycles. The fraction of sp³-hybridized carbons (Fsp3) is 0.667. The van der Waals surface area contributed by atoms with Crippen molar-refractivity contribution < 1.29 is 9.47 Å². The highest BCUT2D eigenvalue weighted by Gasteiger charge is 2.07. The SMILES string of the molecule is CCCCCCCCCC(OC)OCc1ccccc1. The second-order valence-corrected chi connectivity index (χ2v) is 5.37. The van der Waals surface area contributed by atoms with E-state index in [9.17, 15) is 0 Å².